The summed E-state index contributed by atoms with van der Waals surface area (Å²) < 4.78 is 0. The molecule has 0 saturated carbocycles. The van der Waals surface area contributed by atoms with Gasteiger partial charge in [-0.25, -0.2) is 0 Å². The second-order valence-electron chi connectivity index (χ2n) is 7.50. The van der Waals surface area contributed by atoms with Gasteiger partial charge < -0.3 is 10.2 Å². The fourth-order valence-electron chi connectivity index (χ4n) is 3.08. The Morgan fingerprint density at radius 2 is 2.00 bits per heavy atom. The maximum Gasteiger partial charge on any atom is 0.255 e. The number of carbonyl (C=O) groups is 3. The number of piperidine rings is 1. The average molecular weight is 329 g/mol. The van der Waals surface area contributed by atoms with Gasteiger partial charge in [0.05, 0.1) is 0 Å². The lowest BCUT2D eigenvalue weighted by molar-refractivity contribution is -0.136. The van der Waals surface area contributed by atoms with Gasteiger partial charge in [-0.15, -0.1) is 0 Å². The van der Waals surface area contributed by atoms with Gasteiger partial charge in [0, 0.05) is 30.6 Å². The summed E-state index contributed by atoms with van der Waals surface area (Å²) in [5.41, 5.74) is 2.64. The Morgan fingerprint density at radius 3 is 2.67 bits per heavy atom. The molecule has 3 amide bonds. The van der Waals surface area contributed by atoms with Crippen molar-refractivity contribution in [1.82, 2.24) is 15.5 Å². The van der Waals surface area contributed by atoms with E-state index in [-0.39, 0.29) is 29.7 Å². The first kappa shape index (κ1) is 16.6. The molecule has 0 spiro atoms. The van der Waals surface area contributed by atoms with E-state index < -0.39 is 6.04 Å². The predicted molar refractivity (Wildman–Crippen MR) is 89.1 cm³/mol. The monoisotopic (exact) mass is 329 g/mol. The van der Waals surface area contributed by atoms with E-state index in [1.54, 1.807) is 4.90 Å². The van der Waals surface area contributed by atoms with Crippen LogP contribution in [0.2, 0.25) is 0 Å². The van der Waals surface area contributed by atoms with E-state index in [1.807, 2.05) is 18.2 Å². The molecule has 1 saturated heterocycles. The minimum atomic E-state index is -0.557. The second-order valence-corrected chi connectivity index (χ2v) is 7.50. The molecule has 128 valence electrons. The summed E-state index contributed by atoms with van der Waals surface area (Å²) in [6.07, 6.45) is 0.667. The Labute approximate surface area is 141 Å². The van der Waals surface area contributed by atoms with Crippen molar-refractivity contribution in [3.8, 4) is 0 Å². The fourth-order valence-corrected chi connectivity index (χ4v) is 3.08. The fraction of sp³-hybridized carbons (Fsp3) is 0.500. The second kappa shape index (κ2) is 6.02. The number of benzene rings is 1. The van der Waals surface area contributed by atoms with Crippen LogP contribution in [0.15, 0.2) is 18.2 Å². The molecule has 1 fully saturated rings. The highest BCUT2D eigenvalue weighted by Crippen LogP contribution is 2.28. The topological polar surface area (TPSA) is 78.5 Å². The van der Waals surface area contributed by atoms with E-state index in [2.05, 4.69) is 31.4 Å². The lowest BCUT2D eigenvalue weighted by Crippen LogP contribution is -2.52. The molecular formula is C18H23N3O3. The third-order valence-corrected chi connectivity index (χ3v) is 4.42. The molecule has 0 aliphatic carbocycles. The summed E-state index contributed by atoms with van der Waals surface area (Å²) in [6.45, 7) is 7.39. The van der Waals surface area contributed by atoms with Gasteiger partial charge in [0.15, 0.2) is 0 Å². The van der Waals surface area contributed by atoms with Crippen molar-refractivity contribution in [3.05, 3.63) is 34.9 Å². The molecule has 0 radical (unpaired) electrons. The van der Waals surface area contributed by atoms with E-state index in [0.29, 0.717) is 25.1 Å². The third-order valence-electron chi connectivity index (χ3n) is 4.42. The largest absolute Gasteiger partial charge is 0.322 e. The molecule has 2 heterocycles. The minimum Gasteiger partial charge on any atom is -0.322 e. The molecule has 1 unspecified atom stereocenters. The van der Waals surface area contributed by atoms with Crippen molar-refractivity contribution in [2.75, 3.05) is 0 Å². The summed E-state index contributed by atoms with van der Waals surface area (Å²) >= 11 is 0. The van der Waals surface area contributed by atoms with Gasteiger partial charge in [-0.3, -0.25) is 19.7 Å². The van der Waals surface area contributed by atoms with Crippen molar-refractivity contribution < 1.29 is 14.4 Å². The van der Waals surface area contributed by atoms with Crippen LogP contribution in [-0.2, 0) is 22.7 Å². The number of nitrogens with zero attached hydrogens (tertiary/aromatic N) is 1. The van der Waals surface area contributed by atoms with Crippen LogP contribution in [0.5, 0.6) is 0 Å². The molecule has 2 N–H and O–H groups in total. The zero-order chi connectivity index (χ0) is 17.5. The highest BCUT2D eigenvalue weighted by atomic mass is 16.2. The predicted octanol–water partition coefficient (Wildman–Crippen LogP) is 1.34. The molecule has 1 atom stereocenters. The SMILES string of the molecule is CC(C)(C)NCc1ccc2c(c1)C(=O)N(C1CCC(=O)NC1=O)C2. The number of imide groups is 1. The zero-order valence-electron chi connectivity index (χ0n) is 14.3. The first-order chi connectivity index (χ1) is 11.2. The first-order valence-corrected chi connectivity index (χ1v) is 8.26. The van der Waals surface area contributed by atoms with Crippen LogP contribution < -0.4 is 10.6 Å². The molecule has 0 bridgehead atoms. The Kier molecular flexibility index (Phi) is 4.17. The maximum atomic E-state index is 12.7. The minimum absolute atomic E-state index is 0.00177. The smallest absolute Gasteiger partial charge is 0.255 e. The number of carbonyl (C=O) groups excluding carboxylic acids is 3. The van der Waals surface area contributed by atoms with Crippen LogP contribution in [0.1, 0.15) is 55.1 Å². The van der Waals surface area contributed by atoms with Crippen molar-refractivity contribution >= 4 is 17.7 Å². The van der Waals surface area contributed by atoms with E-state index in [9.17, 15) is 14.4 Å². The highest BCUT2D eigenvalue weighted by Gasteiger charge is 2.39. The summed E-state index contributed by atoms with van der Waals surface area (Å²) in [4.78, 5) is 37.6. The lowest BCUT2D eigenvalue weighted by Gasteiger charge is -2.29. The summed E-state index contributed by atoms with van der Waals surface area (Å²) in [5, 5.41) is 5.72. The van der Waals surface area contributed by atoms with Gasteiger partial charge in [0.1, 0.15) is 6.04 Å². The van der Waals surface area contributed by atoms with Gasteiger partial charge in [0.25, 0.3) is 5.91 Å². The van der Waals surface area contributed by atoms with E-state index >= 15 is 0 Å². The Bertz CT molecular complexity index is 706. The quantitative estimate of drug-likeness (QED) is 0.820. The van der Waals surface area contributed by atoms with E-state index in [1.165, 1.54) is 0 Å². The number of rotatable bonds is 3. The molecule has 1 aromatic rings. The van der Waals surface area contributed by atoms with Crippen molar-refractivity contribution in [2.24, 2.45) is 0 Å². The van der Waals surface area contributed by atoms with Crippen molar-refractivity contribution in [1.29, 1.82) is 0 Å². The molecule has 6 heteroatoms. The molecule has 6 nitrogen and oxygen atoms in total. The number of hydrogen-bond acceptors (Lipinski definition) is 4. The lowest BCUT2D eigenvalue weighted by atomic mass is 10.0. The van der Waals surface area contributed by atoms with E-state index in [4.69, 9.17) is 0 Å². The summed E-state index contributed by atoms with van der Waals surface area (Å²) in [6, 6.07) is 5.32. The van der Waals surface area contributed by atoms with Gasteiger partial charge in [-0.1, -0.05) is 12.1 Å². The molecule has 0 aromatic heterocycles. The number of nitrogens with one attached hydrogen (secondary N) is 2. The van der Waals surface area contributed by atoms with E-state index in [0.717, 1.165) is 11.1 Å². The van der Waals surface area contributed by atoms with Crippen LogP contribution in [0.3, 0.4) is 0 Å². The maximum absolute atomic E-state index is 12.7. The van der Waals surface area contributed by atoms with Crippen LogP contribution in [0.4, 0.5) is 0 Å². The average Bonchev–Trinajstić information content (AvgIpc) is 2.81. The van der Waals surface area contributed by atoms with Gasteiger partial charge in [0.2, 0.25) is 11.8 Å². The molecule has 24 heavy (non-hydrogen) atoms. The van der Waals surface area contributed by atoms with Crippen LogP contribution in [0, 0.1) is 0 Å². The van der Waals surface area contributed by atoms with Gasteiger partial charge in [-0.05, 0) is 44.4 Å². The molecule has 1 aromatic carbocycles. The molecule has 3 rings (SSSR count). The Morgan fingerprint density at radius 1 is 1.25 bits per heavy atom. The van der Waals surface area contributed by atoms with Crippen molar-refractivity contribution in [2.45, 2.75) is 58.3 Å². The standard InChI is InChI=1S/C18H23N3O3/c1-18(2,3)19-9-11-4-5-12-10-21(17(24)13(12)8-11)14-6-7-15(22)20-16(14)23/h4-5,8,14,19H,6-7,9-10H2,1-3H3,(H,20,22,23). The number of fused-ring (bicyclic) bond motifs is 1. The highest BCUT2D eigenvalue weighted by molar-refractivity contribution is 6.05. The van der Waals surface area contributed by atoms with Crippen LogP contribution in [-0.4, -0.2) is 34.2 Å². The summed E-state index contributed by atoms with van der Waals surface area (Å²) in [7, 11) is 0. The van der Waals surface area contributed by atoms with Crippen LogP contribution in [0.25, 0.3) is 0 Å². The van der Waals surface area contributed by atoms with Gasteiger partial charge in [-0.2, -0.15) is 0 Å². The molecule has 2 aliphatic heterocycles. The van der Waals surface area contributed by atoms with Crippen LogP contribution >= 0.6 is 0 Å². The Hall–Kier alpha value is -2.21. The number of amides is 3. The molecule has 2 aliphatic rings. The molecular weight excluding hydrogens is 306 g/mol. The first-order valence-electron chi connectivity index (χ1n) is 8.26. The number of hydrogen-bond donors (Lipinski definition) is 2. The summed E-state index contributed by atoms with van der Waals surface area (Å²) in [5.74, 6) is -0.768. The van der Waals surface area contributed by atoms with Gasteiger partial charge >= 0.3 is 0 Å². The van der Waals surface area contributed by atoms with Crippen molar-refractivity contribution in [3.63, 3.8) is 0 Å². The Balaban J connectivity index is 1.76. The zero-order valence-corrected chi connectivity index (χ0v) is 14.3. The normalized spacial score (nSPS) is 21.0. The third kappa shape index (κ3) is 3.33.